The second-order valence-electron chi connectivity index (χ2n) is 18.6. The van der Waals surface area contributed by atoms with Crippen molar-refractivity contribution in [1.82, 2.24) is 15.0 Å². The Hall–Kier alpha value is -4.02. The smallest absolute Gasteiger partial charge is 0.664 e. The first-order valence-electron chi connectivity index (χ1n) is 22.9. The molecular weight excluding hydrogens is 785 g/mol. The van der Waals surface area contributed by atoms with Crippen LogP contribution in [0.15, 0.2) is 23.0 Å². The van der Waals surface area contributed by atoms with Gasteiger partial charge in [-0.05, 0) is 90.6 Å². The van der Waals surface area contributed by atoms with Gasteiger partial charge in [0.05, 0.1) is 7.11 Å². The molecule has 0 unspecified atom stereocenters. The van der Waals surface area contributed by atoms with Gasteiger partial charge in [-0.25, -0.2) is 0 Å². The summed E-state index contributed by atoms with van der Waals surface area (Å²) in [6.07, 6.45) is 21.3. The standard InChI is InChI=1S/C52H69N4O5.Mg/c1-29(2)18-15-13-12-14-16-19-30(3)20-17-21-31(4)24-25-61-45(57)23-22-38-36(9)43-27-41-34(7)32(5)39(53-41)26-40-33(6)35(8)42(54-40)28-44-37(10)46-50(56-44)47(49(38)55-43)48(51(46)58)52(59)60-11;/h24,26-30,36,38,48H,12-23,25H2,1-11H3,(H-,55,56,58);/q-3;+2/p-1/b31-24+,40-26-,42-28-,43-27-;/t30-,36+,38+,48-;/m1./s1. The SMILES string of the molecule is COC(=O)[C@H]1C(=O)c2c3[n-]c(c2C)/C=c2\[n-]/c(c(C)c2C)=C\c2[n-]c(c(C)c2C)/C=C2\[N-]/C(=C\31)[C@@H](CCC(=O)OC/C=C(\C)CCC[C@H](C)CCCCCCCC(C)C)[C@@H]2C.[Mg+2]. The van der Waals surface area contributed by atoms with Gasteiger partial charge in [-0.15, -0.1) is 33.5 Å². The zero-order valence-corrected chi connectivity index (χ0v) is 40.8. The van der Waals surface area contributed by atoms with Crippen molar-refractivity contribution in [2.75, 3.05) is 13.7 Å². The van der Waals surface area contributed by atoms with Crippen LogP contribution in [-0.2, 0) is 19.1 Å². The normalized spacial score (nSPS) is 21.7. The molecule has 62 heavy (non-hydrogen) atoms. The number of carbonyl (C=O) groups excluding carboxylic acids is 3. The first kappa shape index (κ1) is 49.0. The summed E-state index contributed by atoms with van der Waals surface area (Å²) in [6, 6.07) is 0. The van der Waals surface area contributed by atoms with E-state index in [1.807, 2.05) is 38.2 Å². The summed E-state index contributed by atoms with van der Waals surface area (Å²) < 4.78 is 11.0. The van der Waals surface area contributed by atoms with Gasteiger partial charge in [0.2, 0.25) is 0 Å². The van der Waals surface area contributed by atoms with Crippen molar-refractivity contribution in [2.45, 2.75) is 146 Å². The fraction of sp³-hybridized carbons (Fsp3) is 0.558. The number of aromatic nitrogens is 3. The maximum atomic E-state index is 14.3. The van der Waals surface area contributed by atoms with Crippen molar-refractivity contribution < 1.29 is 23.9 Å². The fourth-order valence-electron chi connectivity index (χ4n) is 9.30. The number of hydrogen-bond donors (Lipinski definition) is 0. The number of fused-ring (bicyclic) bond motifs is 7. The molecule has 0 radical (unpaired) electrons. The van der Waals surface area contributed by atoms with Crippen LogP contribution in [0.3, 0.4) is 0 Å². The van der Waals surface area contributed by atoms with Crippen LogP contribution in [0.5, 0.6) is 0 Å². The number of Topliss-reactive ketones (excluding diaryl/α,β-unsaturated/α-hetero) is 1. The Morgan fingerprint density at radius 2 is 1.35 bits per heavy atom. The molecule has 330 valence electrons. The number of ketones is 1. The molecule has 0 spiro atoms. The van der Waals surface area contributed by atoms with Crippen molar-refractivity contribution in [3.63, 3.8) is 0 Å². The number of esters is 2. The third-order valence-corrected chi connectivity index (χ3v) is 13.7. The molecule has 6 rings (SSSR count). The Balaban J connectivity index is 0.00000726. The Labute approximate surface area is 386 Å². The Kier molecular flexibility index (Phi) is 17.0. The molecule has 3 aliphatic rings. The molecule has 9 nitrogen and oxygen atoms in total. The number of unbranched alkanes of at least 4 members (excludes halogenated alkanes) is 4. The van der Waals surface area contributed by atoms with E-state index in [9.17, 15) is 14.4 Å². The number of ether oxygens (including phenoxy) is 2. The summed E-state index contributed by atoms with van der Waals surface area (Å²) in [6.45, 7) is 21.5. The molecule has 10 heteroatoms. The Bertz CT molecular complexity index is 2350. The van der Waals surface area contributed by atoms with Crippen LogP contribution in [0, 0.1) is 64.2 Å². The van der Waals surface area contributed by atoms with Crippen LogP contribution in [0.25, 0.3) is 29.1 Å². The van der Waals surface area contributed by atoms with Crippen molar-refractivity contribution in [3.05, 3.63) is 95.2 Å². The van der Waals surface area contributed by atoms with E-state index >= 15 is 0 Å². The van der Waals surface area contributed by atoms with Gasteiger partial charge in [0.15, 0.2) is 5.78 Å². The van der Waals surface area contributed by atoms with Gasteiger partial charge >= 0.3 is 35.0 Å². The predicted molar refractivity (Wildman–Crippen MR) is 250 cm³/mol. The minimum absolute atomic E-state index is 0. The number of carbonyl (C=O) groups is 3. The summed E-state index contributed by atoms with van der Waals surface area (Å²) in [5.41, 5.74) is 11.1. The van der Waals surface area contributed by atoms with Crippen molar-refractivity contribution in [2.24, 2.45) is 29.6 Å². The van der Waals surface area contributed by atoms with Crippen LogP contribution in [0.2, 0.25) is 0 Å². The summed E-state index contributed by atoms with van der Waals surface area (Å²) in [7, 11) is 1.30. The molecule has 1 fully saturated rings. The third kappa shape index (κ3) is 10.8. The van der Waals surface area contributed by atoms with E-state index in [4.69, 9.17) is 29.7 Å². The molecule has 3 aromatic heterocycles. The van der Waals surface area contributed by atoms with Crippen LogP contribution < -0.4 is 25.7 Å². The summed E-state index contributed by atoms with van der Waals surface area (Å²) >= 11 is 0. The average Bonchev–Trinajstić information content (AvgIpc) is 3.95. The van der Waals surface area contributed by atoms with Crippen LogP contribution >= 0.6 is 0 Å². The maximum absolute atomic E-state index is 14.3. The third-order valence-electron chi connectivity index (χ3n) is 13.7. The quantitative estimate of drug-likeness (QED) is 0.0408. The molecular formula is C52H68MgN4O5-2. The summed E-state index contributed by atoms with van der Waals surface area (Å²) in [4.78, 5) is 56.2. The van der Waals surface area contributed by atoms with Gasteiger partial charge in [-0.1, -0.05) is 136 Å². The molecule has 1 saturated heterocycles. The number of hydrogen-bond acceptors (Lipinski definition) is 5. The summed E-state index contributed by atoms with van der Waals surface area (Å²) in [5, 5.41) is 6.82. The molecule has 0 aromatic carbocycles. The second-order valence-corrected chi connectivity index (χ2v) is 18.6. The zero-order valence-electron chi connectivity index (χ0n) is 39.4. The molecule has 3 aromatic rings. The Morgan fingerprint density at radius 3 is 2.00 bits per heavy atom. The van der Waals surface area contributed by atoms with E-state index in [0.717, 1.165) is 74.7 Å². The van der Waals surface area contributed by atoms with Crippen LogP contribution in [0.4, 0.5) is 0 Å². The largest absolute Gasteiger partial charge is 2.00 e. The minimum atomic E-state index is -1.20. The second kappa shape index (κ2) is 21.6. The molecule has 0 saturated carbocycles. The number of nitrogens with zero attached hydrogens (tertiary/aromatic N) is 4. The van der Waals surface area contributed by atoms with Crippen molar-refractivity contribution >= 4 is 64.6 Å². The molecule has 2 aliphatic heterocycles. The minimum Gasteiger partial charge on any atom is -0.664 e. The van der Waals surface area contributed by atoms with Crippen LogP contribution in [0.1, 0.15) is 173 Å². The Morgan fingerprint density at radius 1 is 0.758 bits per heavy atom. The van der Waals surface area contributed by atoms with Crippen molar-refractivity contribution in [1.29, 1.82) is 0 Å². The van der Waals surface area contributed by atoms with E-state index in [2.05, 4.69) is 55.4 Å². The van der Waals surface area contributed by atoms with Gasteiger partial charge in [0.1, 0.15) is 12.5 Å². The number of rotatable bonds is 18. The van der Waals surface area contributed by atoms with Crippen molar-refractivity contribution in [3.8, 4) is 0 Å². The van der Waals surface area contributed by atoms with E-state index in [0.29, 0.717) is 40.2 Å². The van der Waals surface area contributed by atoms with Crippen LogP contribution in [-0.4, -0.2) is 54.5 Å². The molecule has 0 N–H and O–H groups in total. The maximum Gasteiger partial charge on any atom is 2.00 e. The number of methoxy groups -OCH3 is 1. The first-order chi connectivity index (χ1) is 29.1. The van der Waals surface area contributed by atoms with Gasteiger partial charge in [0, 0.05) is 12.0 Å². The molecule has 4 atom stereocenters. The van der Waals surface area contributed by atoms with Gasteiger partial charge in [0.25, 0.3) is 0 Å². The van der Waals surface area contributed by atoms with Gasteiger partial charge in [-0.2, -0.15) is 11.4 Å². The van der Waals surface area contributed by atoms with Gasteiger partial charge < -0.3 is 29.7 Å². The fourth-order valence-corrected chi connectivity index (χ4v) is 9.30. The predicted octanol–water partition coefficient (Wildman–Crippen LogP) is 9.53. The molecule has 5 heterocycles. The molecule has 8 bridgehead atoms. The van der Waals surface area contributed by atoms with E-state index in [1.165, 1.54) is 64.0 Å². The average molecular weight is 853 g/mol. The van der Waals surface area contributed by atoms with Gasteiger partial charge in [-0.3, -0.25) is 14.4 Å². The van der Waals surface area contributed by atoms with E-state index in [-0.39, 0.29) is 59.7 Å². The summed E-state index contributed by atoms with van der Waals surface area (Å²) in [5.74, 6) is -1.41. The topological polar surface area (TPSA) is 126 Å². The van der Waals surface area contributed by atoms with E-state index < -0.39 is 11.9 Å². The molecule has 0 amide bonds. The number of allylic oxidation sites excluding steroid dienone is 3. The zero-order chi connectivity index (χ0) is 44.1. The molecule has 1 aliphatic carbocycles. The first-order valence-corrected chi connectivity index (χ1v) is 22.9. The van der Waals surface area contributed by atoms with E-state index in [1.54, 1.807) is 0 Å². The monoisotopic (exact) mass is 853 g/mol.